The normalized spacial score (nSPS) is 50.0. The molecule has 0 amide bonds. The van der Waals surface area contributed by atoms with Gasteiger partial charge in [-0.3, -0.25) is 9.59 Å². The van der Waals surface area contributed by atoms with Crippen LogP contribution in [-0.2, 0) is 52.2 Å². The Hall–Kier alpha value is -2.16. The summed E-state index contributed by atoms with van der Waals surface area (Å²) in [5.41, 5.74) is -1.73. The summed E-state index contributed by atoms with van der Waals surface area (Å²) < 4.78 is 54.3. The molecule has 8 aliphatic rings. The Bertz CT molecular complexity index is 2220. The molecule has 14 N–H and O–H groups in total. The molecule has 472 valence electrons. The highest BCUT2D eigenvalue weighted by atomic mass is 16.8. The van der Waals surface area contributed by atoms with Crippen LogP contribution in [0.1, 0.15) is 127 Å². The van der Waals surface area contributed by atoms with E-state index in [2.05, 4.69) is 40.7 Å². The molecular weight excluding hydrogens is 1080 g/mol. The van der Waals surface area contributed by atoms with E-state index in [4.69, 9.17) is 47.7 Å². The zero-order chi connectivity index (χ0) is 60.5. The molecule has 6 unspecified atom stereocenters. The van der Waals surface area contributed by atoms with E-state index >= 15 is 0 Å². The quantitative estimate of drug-likeness (QED) is 0.0333. The molecule has 4 aliphatic carbocycles. The second-order valence-electron chi connectivity index (χ2n) is 26.8. The second-order valence-corrected chi connectivity index (χ2v) is 26.8. The Labute approximate surface area is 478 Å². The van der Waals surface area contributed by atoms with Gasteiger partial charge in [0.2, 0.25) is 0 Å². The van der Waals surface area contributed by atoms with Gasteiger partial charge in [-0.2, -0.15) is 0 Å². The van der Waals surface area contributed by atoms with Crippen molar-refractivity contribution in [3.63, 3.8) is 0 Å². The average Bonchev–Trinajstić information content (AvgIpc) is 1.26. The van der Waals surface area contributed by atoms with Crippen LogP contribution in [0.25, 0.3) is 0 Å². The van der Waals surface area contributed by atoms with Gasteiger partial charge >= 0.3 is 11.9 Å². The number of carbonyl (C=O) groups is 2. The summed E-state index contributed by atoms with van der Waals surface area (Å²) in [7, 11) is 0. The standard InChI is InChI=1S/C57H94O25/c1-24(2)11-10-15-57(9,82-51-47(73)43(69)40(66)30(79-51)23-75-49-45(71)41(67)37(63)25(3)76-49)26-12-17-56(8)36(26)27(59)19-32-54(6)16-14-33(53(4,5)31(54)13-18-55(32,56)7)80-52-48(44(70)38(64)28(21-58)77-52)81-50-46(72)42(68)39(65)29(78-50)22-74-35(62)20-34(60)61/h11,25-33,36-52,58-59,63-73H,10,12-23H2,1-9H3,(H,60,61)/t25-,26?,27-,28-,29-,30-,31?,32?,33+,36?,37-,38-,39-,40-,41-,42-,43-,44-,45-,46-,47-,48-,49-,50+,51+,52+,54+,55-,56?,57?/m1/s1. The van der Waals surface area contributed by atoms with E-state index in [1.54, 1.807) is 0 Å². The third-order valence-electron chi connectivity index (χ3n) is 21.4. The highest BCUT2D eigenvalue weighted by molar-refractivity contribution is 5.90. The van der Waals surface area contributed by atoms with Crippen molar-refractivity contribution in [1.82, 2.24) is 0 Å². The van der Waals surface area contributed by atoms with Gasteiger partial charge < -0.3 is 114 Å². The van der Waals surface area contributed by atoms with Gasteiger partial charge in [-0.05, 0) is 131 Å². The van der Waals surface area contributed by atoms with E-state index in [-0.39, 0.29) is 34.5 Å². The topological polar surface area (TPSA) is 400 Å². The van der Waals surface area contributed by atoms with E-state index in [1.165, 1.54) is 6.92 Å². The lowest BCUT2D eigenvalue weighted by molar-refractivity contribution is -0.378. The van der Waals surface area contributed by atoms with E-state index < -0.39 is 190 Å². The molecule has 82 heavy (non-hydrogen) atoms. The van der Waals surface area contributed by atoms with Crippen molar-refractivity contribution < 1.29 is 124 Å². The summed E-state index contributed by atoms with van der Waals surface area (Å²) in [4.78, 5) is 23.1. The number of carboxylic acids is 1. The molecule has 25 heteroatoms. The van der Waals surface area contributed by atoms with Crippen molar-refractivity contribution in [2.45, 2.75) is 267 Å². The number of rotatable bonds is 18. The fourth-order valence-electron chi connectivity index (χ4n) is 16.5. The van der Waals surface area contributed by atoms with E-state index in [0.29, 0.717) is 38.5 Å². The van der Waals surface area contributed by atoms with Crippen molar-refractivity contribution >= 4 is 11.9 Å². The predicted octanol–water partition coefficient (Wildman–Crippen LogP) is -1.15. The van der Waals surface area contributed by atoms with Gasteiger partial charge in [0, 0.05) is 0 Å². The number of hydrogen-bond acceptors (Lipinski definition) is 24. The number of aliphatic hydroxyl groups excluding tert-OH is 13. The number of aliphatic hydroxyl groups is 13. The molecule has 0 aromatic carbocycles. The van der Waals surface area contributed by atoms with Crippen LogP contribution >= 0.6 is 0 Å². The van der Waals surface area contributed by atoms with Gasteiger partial charge in [0.1, 0.15) is 105 Å². The van der Waals surface area contributed by atoms with Crippen LogP contribution in [0.2, 0.25) is 0 Å². The highest BCUT2D eigenvalue weighted by Crippen LogP contribution is 2.76. The lowest BCUT2D eigenvalue weighted by Gasteiger charge is -2.71. The zero-order valence-corrected chi connectivity index (χ0v) is 48.5. The molecule has 30 atom stereocenters. The first-order chi connectivity index (χ1) is 38.3. The number of hydrogen-bond donors (Lipinski definition) is 14. The first-order valence-corrected chi connectivity index (χ1v) is 29.3. The molecular formula is C57H94O25. The zero-order valence-electron chi connectivity index (χ0n) is 48.5. The minimum atomic E-state index is -1.95. The molecule has 4 saturated carbocycles. The van der Waals surface area contributed by atoms with Crippen molar-refractivity contribution in [2.24, 2.45) is 45.3 Å². The molecule has 25 nitrogen and oxygen atoms in total. The molecule has 0 aromatic heterocycles. The molecule has 4 saturated heterocycles. The molecule has 0 spiro atoms. The third kappa shape index (κ3) is 12.1. The minimum Gasteiger partial charge on any atom is -0.481 e. The van der Waals surface area contributed by atoms with Crippen LogP contribution in [-0.4, -0.2) is 244 Å². The van der Waals surface area contributed by atoms with Crippen LogP contribution < -0.4 is 0 Å². The molecule has 0 bridgehead atoms. The number of carboxylic acid groups (broad SMARTS) is 1. The van der Waals surface area contributed by atoms with Crippen LogP contribution in [0, 0.1) is 45.3 Å². The van der Waals surface area contributed by atoms with Gasteiger partial charge in [0.05, 0.1) is 37.1 Å². The maximum atomic E-state index is 12.9. The third-order valence-corrected chi connectivity index (χ3v) is 21.4. The maximum absolute atomic E-state index is 12.9. The van der Waals surface area contributed by atoms with E-state index in [1.807, 2.05) is 20.8 Å². The number of allylic oxidation sites excluding steroid dienone is 2. The van der Waals surface area contributed by atoms with Gasteiger partial charge in [0.15, 0.2) is 25.2 Å². The second kappa shape index (κ2) is 25.1. The summed E-state index contributed by atoms with van der Waals surface area (Å²) in [6.07, 6.45) is -26.6. The molecule has 8 rings (SSSR count). The Morgan fingerprint density at radius 3 is 1.83 bits per heavy atom. The number of carbonyl (C=O) groups excluding carboxylic acids is 1. The molecule has 4 aliphatic heterocycles. The van der Waals surface area contributed by atoms with Crippen LogP contribution in [0.4, 0.5) is 0 Å². The van der Waals surface area contributed by atoms with Gasteiger partial charge in [-0.15, -0.1) is 0 Å². The SMILES string of the molecule is CC(C)=CCCC(C)(O[C@@H]1O[C@H](CO[C@@H]2O[C@H](C)[C@@H](O)[C@@H](O)[C@H]2O)[C@@H](O)[C@@H](O)[C@H]1O)C1CCC2(C)C1[C@H](O)CC1[C@@]3(C)CC[C@H](O[C@@H]4O[C@H](CO)[C@@H](O)[C@@H](O)[C@H]4O[C@@H]4O[C@H](COC(=O)CC(=O)O)[C@@H](O)[C@@H](O)[C@H]4O)C(C)(C)C3CC[C@]12C. The van der Waals surface area contributed by atoms with Gasteiger partial charge in [-0.1, -0.05) is 46.3 Å². The highest BCUT2D eigenvalue weighted by Gasteiger charge is 2.72. The van der Waals surface area contributed by atoms with Crippen LogP contribution in [0.5, 0.6) is 0 Å². The Balaban J connectivity index is 0.998. The average molecular weight is 1180 g/mol. The van der Waals surface area contributed by atoms with Crippen molar-refractivity contribution in [1.29, 1.82) is 0 Å². The van der Waals surface area contributed by atoms with Gasteiger partial charge in [0.25, 0.3) is 0 Å². The fraction of sp³-hybridized carbons (Fsp3) is 0.930. The Morgan fingerprint density at radius 1 is 0.622 bits per heavy atom. The van der Waals surface area contributed by atoms with E-state index in [0.717, 1.165) is 24.8 Å². The smallest absolute Gasteiger partial charge is 0.317 e. The largest absolute Gasteiger partial charge is 0.481 e. The summed E-state index contributed by atoms with van der Waals surface area (Å²) in [5, 5.41) is 152. The number of aliphatic carboxylic acids is 1. The maximum Gasteiger partial charge on any atom is 0.317 e. The Morgan fingerprint density at radius 2 is 1.20 bits per heavy atom. The van der Waals surface area contributed by atoms with Crippen molar-refractivity contribution in [3.05, 3.63) is 11.6 Å². The van der Waals surface area contributed by atoms with Crippen LogP contribution in [0.15, 0.2) is 11.6 Å². The minimum absolute atomic E-state index is 0.00692. The molecule has 8 fully saturated rings. The first-order valence-electron chi connectivity index (χ1n) is 29.3. The summed E-state index contributed by atoms with van der Waals surface area (Å²) in [6, 6.07) is 0. The predicted molar refractivity (Wildman–Crippen MR) is 281 cm³/mol. The van der Waals surface area contributed by atoms with Gasteiger partial charge in [-0.25, -0.2) is 0 Å². The van der Waals surface area contributed by atoms with E-state index in [9.17, 15) is 76.0 Å². The number of esters is 1. The van der Waals surface area contributed by atoms with Crippen LogP contribution in [0.3, 0.4) is 0 Å². The lowest BCUT2D eigenvalue weighted by atomic mass is 9.35. The Kier molecular flexibility index (Phi) is 20.2. The van der Waals surface area contributed by atoms with Crippen molar-refractivity contribution in [2.75, 3.05) is 19.8 Å². The summed E-state index contributed by atoms with van der Waals surface area (Å²) >= 11 is 0. The number of ether oxygens (including phenoxy) is 9. The summed E-state index contributed by atoms with van der Waals surface area (Å²) in [6.45, 7) is 16.6. The fourth-order valence-corrected chi connectivity index (χ4v) is 16.5. The molecule has 4 heterocycles. The molecule has 0 aromatic rings. The first kappa shape index (κ1) is 65.8. The lowest BCUT2D eigenvalue weighted by Crippen LogP contribution is -2.68. The number of fused-ring (bicyclic) bond motifs is 5. The monoisotopic (exact) mass is 1180 g/mol. The van der Waals surface area contributed by atoms with Crippen molar-refractivity contribution in [3.8, 4) is 0 Å². The molecule has 0 radical (unpaired) electrons. The summed E-state index contributed by atoms with van der Waals surface area (Å²) in [5.74, 6) is -3.19.